The summed E-state index contributed by atoms with van der Waals surface area (Å²) in [6, 6.07) is 14.8. The molecule has 0 saturated carbocycles. The van der Waals surface area contributed by atoms with Gasteiger partial charge in [0.05, 0.1) is 13.2 Å². The average Bonchev–Trinajstić information content (AvgIpc) is 3.17. The molecule has 0 heterocycles. The Morgan fingerprint density at radius 3 is 0.868 bits per heavy atom. The van der Waals surface area contributed by atoms with Crippen molar-refractivity contribution in [2.75, 3.05) is 13.2 Å². The van der Waals surface area contributed by atoms with Crippen LogP contribution in [-0.4, -0.2) is 31.4 Å². The fourth-order valence-electron chi connectivity index (χ4n) is 7.45. The first-order valence-corrected chi connectivity index (χ1v) is 24.9. The fraction of sp³-hybridized carbons (Fsp3) is 0.750. The molecule has 2 N–H and O–H groups in total. The molecule has 2 aromatic rings. The maximum atomic E-state index is 11.3. The van der Waals surface area contributed by atoms with E-state index in [1.165, 1.54) is 193 Å². The molecule has 0 aliphatic carbocycles. The van der Waals surface area contributed by atoms with Gasteiger partial charge >= 0.3 is 8.56 Å². The van der Waals surface area contributed by atoms with E-state index in [9.17, 15) is 9.59 Å². The highest BCUT2D eigenvalue weighted by molar-refractivity contribution is 6.90. The van der Waals surface area contributed by atoms with Gasteiger partial charge in [0.25, 0.3) is 0 Å². The molecule has 0 fully saturated rings. The van der Waals surface area contributed by atoms with E-state index >= 15 is 0 Å². The molecule has 5 heteroatoms. The Morgan fingerprint density at radius 2 is 0.604 bits per heavy atom. The molecule has 4 nitrogen and oxygen atoms in total. The molecule has 53 heavy (non-hydrogen) atoms. The van der Waals surface area contributed by atoms with E-state index in [1.54, 1.807) is 12.1 Å². The number of ether oxygens (including phenoxy) is 2. The van der Waals surface area contributed by atoms with Gasteiger partial charge in [0.2, 0.25) is 0 Å². The smallest absolute Gasteiger partial charge is 0.401 e. The summed E-state index contributed by atoms with van der Waals surface area (Å²) >= 11 is 0. The number of hydrogen-bond donors (Lipinski definition) is 2. The molecule has 0 spiro atoms. The lowest BCUT2D eigenvalue weighted by atomic mass is 10.0. The Morgan fingerprint density at radius 1 is 0.358 bits per heavy atom. The van der Waals surface area contributed by atoms with Gasteiger partial charge in [-0.25, -0.2) is 0 Å². The molecule has 0 aliphatic heterocycles. The predicted molar refractivity (Wildman–Crippen MR) is 232 cm³/mol. The Kier molecular flexibility index (Phi) is 29.9. The molecule has 2 rings (SSSR count). The third kappa shape index (κ3) is 25.1. The lowest BCUT2D eigenvalue weighted by Crippen LogP contribution is -2.59. The van der Waals surface area contributed by atoms with Crippen LogP contribution in [-0.2, 0) is 0 Å². The van der Waals surface area contributed by atoms with Crippen LogP contribution in [0.2, 0.25) is 0 Å². The molecule has 304 valence electrons. The normalized spacial score (nSPS) is 11.7. The maximum absolute atomic E-state index is 11.3. The number of hydrogen-bond acceptors (Lipinski definition) is 4. The molecular weight excluding hydrogens is 669 g/mol. The summed E-state index contributed by atoms with van der Waals surface area (Å²) < 4.78 is 12.1. The van der Waals surface area contributed by atoms with E-state index in [1.807, 2.05) is 36.4 Å². The van der Waals surface area contributed by atoms with Crippen molar-refractivity contribution in [1.29, 1.82) is 0 Å². The van der Waals surface area contributed by atoms with E-state index in [2.05, 4.69) is 13.8 Å². The lowest BCUT2D eigenvalue weighted by Gasteiger charge is -2.20. The van der Waals surface area contributed by atoms with Crippen molar-refractivity contribution in [3.63, 3.8) is 0 Å². The van der Waals surface area contributed by atoms with Crippen LogP contribution in [0.4, 0.5) is 0 Å². The average molecular weight is 753 g/mol. The molecule has 0 aromatic heterocycles. The van der Waals surface area contributed by atoms with E-state index in [-0.39, 0.29) is 0 Å². The molecule has 0 radical (unpaired) electrons. The van der Waals surface area contributed by atoms with Gasteiger partial charge in [-0.05, 0) is 37.1 Å². The van der Waals surface area contributed by atoms with Crippen LogP contribution in [0, 0.1) is 0 Å². The third-order valence-electron chi connectivity index (χ3n) is 11.0. The Hall–Kier alpha value is -1.82. The number of rotatable bonds is 38. The van der Waals surface area contributed by atoms with Gasteiger partial charge in [-0.3, -0.25) is 0 Å². The molecule has 0 amide bonds. The molecule has 0 unspecified atom stereocenters. The van der Waals surface area contributed by atoms with E-state index < -0.39 is 8.56 Å². The maximum Gasteiger partial charge on any atom is 0.401 e. The fourth-order valence-corrected chi connectivity index (χ4v) is 9.13. The van der Waals surface area contributed by atoms with Crippen molar-refractivity contribution in [2.45, 2.75) is 219 Å². The standard InChI is InChI=1S/C48H84O4Si/c1-3-5-7-9-11-13-15-17-19-21-23-25-27-29-31-33-41-51-45-37-35-39-47(43-45)53(49,50)48-40-36-38-46(44-48)52-42-34-32-30-28-26-24-22-20-18-16-14-12-10-8-6-4-2/h35-40,43-44,49-50H,3-34,41-42H2,1-2H3. The highest BCUT2D eigenvalue weighted by Crippen LogP contribution is 2.17. The quantitative estimate of drug-likeness (QED) is 0.0530. The Bertz CT molecular complexity index is 1010. The van der Waals surface area contributed by atoms with Gasteiger partial charge in [0.15, 0.2) is 0 Å². The summed E-state index contributed by atoms with van der Waals surface area (Å²) in [6.45, 7) is 5.90. The van der Waals surface area contributed by atoms with Crippen molar-refractivity contribution >= 4 is 18.9 Å². The second kappa shape index (κ2) is 33.5. The SMILES string of the molecule is CCCCCCCCCCCCCCCCCCOc1cccc([Si](O)(O)c2cccc(OCCCCCCCCCCCCCCCCCC)c2)c1. The van der Waals surface area contributed by atoms with Crippen LogP contribution in [0.3, 0.4) is 0 Å². The zero-order valence-electron chi connectivity index (χ0n) is 34.9. The molecular formula is C48H84O4Si. The first kappa shape index (κ1) is 47.3. The van der Waals surface area contributed by atoms with Crippen molar-refractivity contribution in [3.8, 4) is 11.5 Å². The summed E-state index contributed by atoms with van der Waals surface area (Å²) in [7, 11) is -3.86. The third-order valence-corrected chi connectivity index (χ3v) is 13.2. The highest BCUT2D eigenvalue weighted by Gasteiger charge is 2.35. The first-order valence-electron chi connectivity index (χ1n) is 23.0. The van der Waals surface area contributed by atoms with Crippen molar-refractivity contribution < 1.29 is 19.1 Å². The molecule has 0 aliphatic rings. The molecule has 2 aromatic carbocycles. The number of unbranched alkanes of at least 4 members (excludes halogenated alkanes) is 30. The minimum absolute atomic E-state index is 0.539. The zero-order chi connectivity index (χ0) is 37.9. The highest BCUT2D eigenvalue weighted by atomic mass is 28.4. The van der Waals surface area contributed by atoms with Gasteiger partial charge in [-0.1, -0.05) is 231 Å². The molecule has 0 bridgehead atoms. The summed E-state index contributed by atoms with van der Waals surface area (Å²) in [6.07, 6.45) is 43.3. The van der Waals surface area contributed by atoms with Crippen LogP contribution in [0.15, 0.2) is 48.5 Å². The summed E-state index contributed by atoms with van der Waals surface area (Å²) in [5.41, 5.74) is 0. The topological polar surface area (TPSA) is 58.9 Å². The summed E-state index contributed by atoms with van der Waals surface area (Å²) in [5.74, 6) is 1.42. The zero-order valence-corrected chi connectivity index (χ0v) is 35.9. The molecule has 0 saturated heterocycles. The second-order valence-electron chi connectivity index (χ2n) is 16.0. The van der Waals surface area contributed by atoms with Crippen molar-refractivity contribution in [3.05, 3.63) is 48.5 Å². The van der Waals surface area contributed by atoms with Crippen LogP contribution in [0.1, 0.15) is 219 Å². The second-order valence-corrected chi connectivity index (χ2v) is 18.5. The first-order chi connectivity index (χ1) is 26.1. The Labute approximate surface area is 329 Å². The Balaban J connectivity index is 1.51. The molecule has 0 atom stereocenters. The lowest BCUT2D eigenvalue weighted by molar-refractivity contribution is 0.304. The van der Waals surface area contributed by atoms with E-state index in [0.29, 0.717) is 35.1 Å². The minimum Gasteiger partial charge on any atom is -0.494 e. The van der Waals surface area contributed by atoms with Crippen LogP contribution < -0.4 is 19.8 Å². The van der Waals surface area contributed by atoms with Gasteiger partial charge in [0, 0.05) is 10.4 Å². The van der Waals surface area contributed by atoms with Gasteiger partial charge < -0.3 is 19.1 Å². The number of benzene rings is 2. The van der Waals surface area contributed by atoms with Crippen molar-refractivity contribution in [1.82, 2.24) is 0 Å². The predicted octanol–water partition coefficient (Wildman–Crippen LogP) is 13.5. The monoisotopic (exact) mass is 753 g/mol. The van der Waals surface area contributed by atoms with Crippen LogP contribution >= 0.6 is 0 Å². The summed E-state index contributed by atoms with van der Waals surface area (Å²) in [5, 5.41) is 1.08. The van der Waals surface area contributed by atoms with Gasteiger partial charge in [-0.15, -0.1) is 0 Å². The van der Waals surface area contributed by atoms with Crippen LogP contribution in [0.25, 0.3) is 0 Å². The summed E-state index contributed by atoms with van der Waals surface area (Å²) in [4.78, 5) is 22.7. The van der Waals surface area contributed by atoms with Gasteiger partial charge in [0.1, 0.15) is 11.5 Å². The van der Waals surface area contributed by atoms with E-state index in [0.717, 1.165) is 12.8 Å². The van der Waals surface area contributed by atoms with Gasteiger partial charge in [-0.2, -0.15) is 0 Å². The largest absolute Gasteiger partial charge is 0.494 e. The van der Waals surface area contributed by atoms with Crippen LogP contribution in [0.5, 0.6) is 11.5 Å². The van der Waals surface area contributed by atoms with E-state index in [4.69, 9.17) is 9.47 Å². The van der Waals surface area contributed by atoms with Crippen molar-refractivity contribution in [2.24, 2.45) is 0 Å². The minimum atomic E-state index is -3.86.